The molecular formula is C22H26N2O4. The molecule has 1 saturated heterocycles. The van der Waals surface area contributed by atoms with Crippen LogP contribution in [0.25, 0.3) is 11.0 Å². The fourth-order valence-corrected chi connectivity index (χ4v) is 4.61. The van der Waals surface area contributed by atoms with Crippen molar-refractivity contribution < 1.29 is 14.0 Å². The van der Waals surface area contributed by atoms with Crippen LogP contribution in [0.2, 0.25) is 0 Å². The van der Waals surface area contributed by atoms with E-state index in [0.29, 0.717) is 11.1 Å². The van der Waals surface area contributed by atoms with Crippen LogP contribution in [0.15, 0.2) is 33.5 Å². The largest absolute Gasteiger partial charge is 0.423 e. The molecule has 3 amide bonds. The molecule has 1 N–H and O–H groups in total. The van der Waals surface area contributed by atoms with Gasteiger partial charge in [0, 0.05) is 11.5 Å². The molecule has 1 saturated carbocycles. The molecule has 1 aliphatic carbocycles. The minimum Gasteiger partial charge on any atom is -0.423 e. The Morgan fingerprint density at radius 3 is 2.61 bits per heavy atom. The van der Waals surface area contributed by atoms with E-state index in [4.69, 9.17) is 4.42 Å². The zero-order valence-corrected chi connectivity index (χ0v) is 16.4. The minimum atomic E-state index is -0.859. The van der Waals surface area contributed by atoms with Gasteiger partial charge in [-0.2, -0.15) is 0 Å². The highest BCUT2D eigenvalue weighted by Gasteiger charge is 2.52. The lowest BCUT2D eigenvalue weighted by Crippen LogP contribution is -2.51. The molecule has 1 atom stereocenters. The molecule has 2 heterocycles. The zero-order chi connectivity index (χ0) is 19.9. The maximum absolute atomic E-state index is 13.2. The molecule has 1 aliphatic heterocycles. The van der Waals surface area contributed by atoms with Crippen LogP contribution in [0.3, 0.4) is 0 Å². The van der Waals surface area contributed by atoms with Crippen LogP contribution in [-0.4, -0.2) is 22.4 Å². The number of urea groups is 1. The standard InChI is InChI=1S/C22H26N2O4/c1-3-14-9-10-17-15(12-19(25)28-18(17)11-14)13-24-20(26)22(2,23-21(24)27)16-7-5-4-6-8-16/h9-12,16H,3-8,13H2,1-2H3,(H,23,27)/t22-/m0/s1. The van der Waals surface area contributed by atoms with E-state index in [2.05, 4.69) is 5.32 Å². The summed E-state index contributed by atoms with van der Waals surface area (Å²) < 4.78 is 5.34. The number of carbonyl (C=O) groups is 2. The van der Waals surface area contributed by atoms with Crippen molar-refractivity contribution in [1.82, 2.24) is 10.2 Å². The first-order valence-corrected chi connectivity index (χ1v) is 10.1. The second-order valence-corrected chi connectivity index (χ2v) is 8.13. The van der Waals surface area contributed by atoms with Crippen LogP contribution in [-0.2, 0) is 17.8 Å². The summed E-state index contributed by atoms with van der Waals surface area (Å²) in [4.78, 5) is 39.2. The van der Waals surface area contributed by atoms with Gasteiger partial charge >= 0.3 is 11.7 Å². The van der Waals surface area contributed by atoms with Crippen molar-refractivity contribution >= 4 is 22.9 Å². The predicted octanol–water partition coefficient (Wildman–Crippen LogP) is 3.75. The summed E-state index contributed by atoms with van der Waals surface area (Å²) in [6, 6.07) is 6.71. The smallest absolute Gasteiger partial charge is 0.336 e. The Balaban J connectivity index is 1.66. The molecule has 0 unspecified atom stereocenters. The van der Waals surface area contributed by atoms with E-state index in [1.54, 1.807) is 0 Å². The van der Waals surface area contributed by atoms with E-state index in [9.17, 15) is 14.4 Å². The monoisotopic (exact) mass is 382 g/mol. The highest BCUT2D eigenvalue weighted by molar-refractivity contribution is 6.07. The number of rotatable bonds is 4. The summed E-state index contributed by atoms with van der Waals surface area (Å²) in [6.45, 7) is 3.94. The van der Waals surface area contributed by atoms with Gasteiger partial charge in [0.15, 0.2) is 0 Å². The molecule has 0 bridgehead atoms. The van der Waals surface area contributed by atoms with Crippen LogP contribution < -0.4 is 10.9 Å². The lowest BCUT2D eigenvalue weighted by Gasteiger charge is -2.34. The van der Waals surface area contributed by atoms with Gasteiger partial charge in [-0.05, 0) is 49.3 Å². The van der Waals surface area contributed by atoms with Gasteiger partial charge in [-0.3, -0.25) is 9.69 Å². The summed E-state index contributed by atoms with van der Waals surface area (Å²) in [7, 11) is 0. The van der Waals surface area contributed by atoms with E-state index in [1.165, 1.54) is 17.4 Å². The summed E-state index contributed by atoms with van der Waals surface area (Å²) in [5, 5.41) is 3.69. The van der Waals surface area contributed by atoms with Crippen LogP contribution in [0, 0.1) is 5.92 Å². The molecule has 4 rings (SSSR count). The van der Waals surface area contributed by atoms with Gasteiger partial charge < -0.3 is 9.73 Å². The molecule has 0 spiro atoms. The Morgan fingerprint density at radius 1 is 1.14 bits per heavy atom. The van der Waals surface area contributed by atoms with Gasteiger partial charge in [-0.1, -0.05) is 38.3 Å². The number of carbonyl (C=O) groups excluding carboxylic acids is 2. The number of aryl methyl sites for hydroxylation is 1. The van der Waals surface area contributed by atoms with Crippen molar-refractivity contribution in [3.63, 3.8) is 0 Å². The quantitative estimate of drug-likeness (QED) is 0.645. The Labute approximate surface area is 163 Å². The highest BCUT2D eigenvalue weighted by atomic mass is 16.4. The Morgan fingerprint density at radius 2 is 1.89 bits per heavy atom. The Kier molecular flexibility index (Phi) is 4.73. The molecule has 148 valence electrons. The second-order valence-electron chi connectivity index (χ2n) is 8.13. The van der Waals surface area contributed by atoms with Crippen molar-refractivity contribution in [3.8, 4) is 0 Å². The number of hydrogen-bond donors (Lipinski definition) is 1. The third-order valence-electron chi connectivity index (χ3n) is 6.35. The lowest BCUT2D eigenvalue weighted by atomic mass is 9.75. The number of benzene rings is 1. The van der Waals surface area contributed by atoms with Crippen molar-refractivity contribution in [1.29, 1.82) is 0 Å². The third kappa shape index (κ3) is 3.11. The maximum atomic E-state index is 13.2. The fourth-order valence-electron chi connectivity index (χ4n) is 4.61. The summed E-state index contributed by atoms with van der Waals surface area (Å²) >= 11 is 0. The number of fused-ring (bicyclic) bond motifs is 1. The molecule has 2 aliphatic rings. The van der Waals surface area contributed by atoms with E-state index in [0.717, 1.165) is 43.1 Å². The van der Waals surface area contributed by atoms with Crippen LogP contribution in [0.5, 0.6) is 0 Å². The maximum Gasteiger partial charge on any atom is 0.336 e. The average Bonchev–Trinajstić information content (AvgIpc) is 2.92. The first-order valence-electron chi connectivity index (χ1n) is 10.1. The van der Waals surface area contributed by atoms with E-state index in [1.807, 2.05) is 32.0 Å². The average molecular weight is 382 g/mol. The van der Waals surface area contributed by atoms with Gasteiger partial charge in [0.25, 0.3) is 5.91 Å². The van der Waals surface area contributed by atoms with Crippen molar-refractivity contribution in [2.45, 2.75) is 64.5 Å². The van der Waals surface area contributed by atoms with Crippen LogP contribution >= 0.6 is 0 Å². The molecule has 1 aromatic carbocycles. The van der Waals surface area contributed by atoms with Gasteiger partial charge in [0.05, 0.1) is 6.54 Å². The number of hydrogen-bond acceptors (Lipinski definition) is 4. The topological polar surface area (TPSA) is 79.6 Å². The molecule has 0 radical (unpaired) electrons. The highest BCUT2D eigenvalue weighted by Crippen LogP contribution is 2.37. The second kappa shape index (κ2) is 7.08. The van der Waals surface area contributed by atoms with E-state index < -0.39 is 11.2 Å². The zero-order valence-electron chi connectivity index (χ0n) is 16.4. The van der Waals surface area contributed by atoms with Crippen LogP contribution in [0.1, 0.15) is 57.1 Å². The number of nitrogens with one attached hydrogen (secondary N) is 1. The first-order chi connectivity index (χ1) is 13.4. The number of nitrogens with zero attached hydrogens (tertiary/aromatic N) is 1. The molecule has 6 nitrogen and oxygen atoms in total. The van der Waals surface area contributed by atoms with Gasteiger partial charge in [0.2, 0.25) is 0 Å². The first kappa shape index (κ1) is 18.7. The Hall–Kier alpha value is -2.63. The van der Waals surface area contributed by atoms with Gasteiger partial charge in [0.1, 0.15) is 11.1 Å². The summed E-state index contributed by atoms with van der Waals surface area (Å²) in [6.07, 6.45) is 6.10. The predicted molar refractivity (Wildman–Crippen MR) is 106 cm³/mol. The molecule has 1 aromatic heterocycles. The number of imide groups is 1. The normalized spacial score (nSPS) is 23.4. The molecule has 2 fully saturated rings. The lowest BCUT2D eigenvalue weighted by molar-refractivity contribution is -0.133. The third-order valence-corrected chi connectivity index (χ3v) is 6.35. The van der Waals surface area contributed by atoms with Crippen molar-refractivity contribution in [2.75, 3.05) is 0 Å². The van der Waals surface area contributed by atoms with Crippen molar-refractivity contribution in [2.24, 2.45) is 5.92 Å². The van der Waals surface area contributed by atoms with E-state index >= 15 is 0 Å². The summed E-state index contributed by atoms with van der Waals surface area (Å²) in [5.41, 5.74) is 0.849. The fraction of sp³-hybridized carbons (Fsp3) is 0.500. The van der Waals surface area contributed by atoms with Crippen LogP contribution in [0.4, 0.5) is 4.79 Å². The molecule has 28 heavy (non-hydrogen) atoms. The molecule has 6 heteroatoms. The molecular weight excluding hydrogens is 356 g/mol. The van der Waals surface area contributed by atoms with Gasteiger partial charge in [-0.25, -0.2) is 9.59 Å². The minimum absolute atomic E-state index is 0.0700. The SMILES string of the molecule is CCc1ccc2c(CN3C(=O)N[C@@](C)(C4CCCCC4)C3=O)cc(=O)oc2c1. The molecule has 2 aromatic rings. The van der Waals surface area contributed by atoms with Crippen molar-refractivity contribution in [3.05, 3.63) is 45.8 Å². The summed E-state index contributed by atoms with van der Waals surface area (Å²) in [5.74, 6) is -0.0385. The number of amides is 3. The Bertz CT molecular complexity index is 990. The van der Waals surface area contributed by atoms with Gasteiger partial charge in [-0.15, -0.1) is 0 Å². The van der Waals surface area contributed by atoms with E-state index in [-0.39, 0.29) is 24.4 Å².